The molecular formula is C20H22ClN3O5. The molecule has 154 valence electrons. The summed E-state index contributed by atoms with van der Waals surface area (Å²) < 4.78 is 5.05. The van der Waals surface area contributed by atoms with Crippen LogP contribution < -0.4 is 10.6 Å². The number of hydrogen-bond acceptors (Lipinski definition) is 6. The van der Waals surface area contributed by atoms with Gasteiger partial charge in [-0.1, -0.05) is 29.8 Å². The summed E-state index contributed by atoms with van der Waals surface area (Å²) in [6.45, 7) is 5.18. The Morgan fingerprint density at radius 1 is 1.17 bits per heavy atom. The molecular weight excluding hydrogens is 398 g/mol. The van der Waals surface area contributed by atoms with Gasteiger partial charge >= 0.3 is 5.97 Å². The Bertz CT molecular complexity index is 925. The lowest BCUT2D eigenvalue weighted by atomic mass is 10.1. The number of nitrogens with one attached hydrogen (secondary N) is 2. The second-order valence-corrected chi connectivity index (χ2v) is 7.71. The molecule has 0 bridgehead atoms. The Labute approximate surface area is 173 Å². The van der Waals surface area contributed by atoms with Crippen molar-refractivity contribution >= 4 is 34.9 Å². The number of amides is 1. The molecule has 0 aliphatic carbocycles. The van der Waals surface area contributed by atoms with Gasteiger partial charge in [0.15, 0.2) is 6.61 Å². The van der Waals surface area contributed by atoms with Crippen LogP contribution in [0.5, 0.6) is 0 Å². The number of hydrogen-bond donors (Lipinski definition) is 2. The van der Waals surface area contributed by atoms with E-state index in [1.165, 1.54) is 12.1 Å². The molecule has 0 atom stereocenters. The molecule has 0 fully saturated rings. The summed E-state index contributed by atoms with van der Waals surface area (Å²) >= 11 is 6.13. The van der Waals surface area contributed by atoms with E-state index >= 15 is 0 Å². The van der Waals surface area contributed by atoms with Crippen molar-refractivity contribution in [3.05, 3.63) is 68.7 Å². The van der Waals surface area contributed by atoms with Gasteiger partial charge in [-0.25, -0.2) is 4.79 Å². The fraction of sp³-hybridized carbons (Fsp3) is 0.300. The van der Waals surface area contributed by atoms with Crippen molar-refractivity contribution in [1.82, 2.24) is 5.32 Å². The molecule has 8 nitrogen and oxygen atoms in total. The summed E-state index contributed by atoms with van der Waals surface area (Å²) in [4.78, 5) is 34.8. The number of carbonyl (C=O) groups excluding carboxylic acids is 2. The Hall–Kier alpha value is -3.13. The summed E-state index contributed by atoms with van der Waals surface area (Å²) in [6, 6.07) is 11.0. The highest BCUT2D eigenvalue weighted by atomic mass is 35.5. The maximum absolute atomic E-state index is 12.5. The number of esters is 1. The van der Waals surface area contributed by atoms with Crippen molar-refractivity contribution in [2.75, 3.05) is 11.9 Å². The lowest BCUT2D eigenvalue weighted by Gasteiger charge is -2.20. The number of ether oxygens (including phenoxy) is 1. The first-order chi connectivity index (χ1) is 13.6. The number of carbonyl (C=O) groups is 2. The summed E-state index contributed by atoms with van der Waals surface area (Å²) in [6.07, 6.45) is 0. The van der Waals surface area contributed by atoms with Crippen LogP contribution in [-0.2, 0) is 16.1 Å². The van der Waals surface area contributed by atoms with Crippen molar-refractivity contribution in [2.45, 2.75) is 32.9 Å². The van der Waals surface area contributed by atoms with Gasteiger partial charge in [0.25, 0.3) is 11.6 Å². The maximum Gasteiger partial charge on any atom is 0.341 e. The molecule has 0 radical (unpaired) electrons. The topological polar surface area (TPSA) is 111 Å². The van der Waals surface area contributed by atoms with E-state index in [-0.39, 0.29) is 11.3 Å². The van der Waals surface area contributed by atoms with Crippen LogP contribution in [0.4, 0.5) is 11.4 Å². The molecule has 2 rings (SSSR count). The molecule has 0 spiro atoms. The molecule has 0 aromatic heterocycles. The molecule has 1 amide bonds. The predicted molar refractivity (Wildman–Crippen MR) is 110 cm³/mol. The monoisotopic (exact) mass is 419 g/mol. The SMILES string of the molecule is CC(C)(C)NC(=O)COC(=O)c1cc([N+](=O)[O-])ccc1NCc1ccccc1Cl. The molecule has 2 aromatic carbocycles. The average Bonchev–Trinajstić information content (AvgIpc) is 2.64. The standard InChI is InChI=1S/C20H22ClN3O5/c1-20(2,3)23-18(25)12-29-19(26)15-10-14(24(27)28)8-9-17(15)22-11-13-6-4-5-7-16(13)21/h4-10,22H,11-12H2,1-3H3,(H,23,25). The summed E-state index contributed by atoms with van der Waals surface area (Å²) in [7, 11) is 0. The fourth-order valence-electron chi connectivity index (χ4n) is 2.46. The molecule has 0 unspecified atom stereocenters. The van der Waals surface area contributed by atoms with Crippen LogP contribution in [0.2, 0.25) is 5.02 Å². The van der Waals surface area contributed by atoms with E-state index in [2.05, 4.69) is 10.6 Å². The van der Waals surface area contributed by atoms with Gasteiger partial charge in [-0.05, 0) is 38.5 Å². The van der Waals surface area contributed by atoms with E-state index in [4.69, 9.17) is 16.3 Å². The van der Waals surface area contributed by atoms with Crippen molar-refractivity contribution in [1.29, 1.82) is 0 Å². The van der Waals surface area contributed by atoms with Crippen molar-refractivity contribution in [2.24, 2.45) is 0 Å². The lowest BCUT2D eigenvalue weighted by molar-refractivity contribution is -0.384. The zero-order valence-electron chi connectivity index (χ0n) is 16.3. The average molecular weight is 420 g/mol. The van der Waals surface area contributed by atoms with Gasteiger partial charge in [-0.15, -0.1) is 0 Å². The van der Waals surface area contributed by atoms with Crippen molar-refractivity contribution in [3.8, 4) is 0 Å². The maximum atomic E-state index is 12.5. The Kier molecular flexibility index (Phi) is 7.17. The van der Waals surface area contributed by atoms with E-state index in [0.29, 0.717) is 17.3 Å². The van der Waals surface area contributed by atoms with E-state index in [0.717, 1.165) is 11.6 Å². The minimum Gasteiger partial charge on any atom is -0.452 e. The Morgan fingerprint density at radius 3 is 2.48 bits per heavy atom. The molecule has 0 aliphatic heterocycles. The van der Waals surface area contributed by atoms with Gasteiger partial charge in [-0.3, -0.25) is 14.9 Å². The van der Waals surface area contributed by atoms with Crippen molar-refractivity contribution in [3.63, 3.8) is 0 Å². The van der Waals surface area contributed by atoms with Gasteiger partial charge in [0, 0.05) is 34.9 Å². The summed E-state index contributed by atoms with van der Waals surface area (Å²) in [5, 5.41) is 17.3. The highest BCUT2D eigenvalue weighted by Gasteiger charge is 2.20. The largest absolute Gasteiger partial charge is 0.452 e. The van der Waals surface area contributed by atoms with Crippen LogP contribution in [0.3, 0.4) is 0 Å². The van der Waals surface area contributed by atoms with E-state index in [9.17, 15) is 19.7 Å². The molecule has 0 saturated carbocycles. The number of nitrogens with zero attached hydrogens (tertiary/aromatic N) is 1. The number of nitro groups is 1. The molecule has 0 heterocycles. The smallest absolute Gasteiger partial charge is 0.341 e. The number of benzene rings is 2. The van der Waals surface area contributed by atoms with Gasteiger partial charge < -0.3 is 15.4 Å². The first-order valence-electron chi connectivity index (χ1n) is 8.80. The molecule has 9 heteroatoms. The fourth-order valence-corrected chi connectivity index (χ4v) is 2.67. The third-order valence-corrected chi connectivity index (χ3v) is 4.08. The molecule has 2 N–H and O–H groups in total. The van der Waals surface area contributed by atoms with Crippen LogP contribution >= 0.6 is 11.6 Å². The van der Waals surface area contributed by atoms with Crippen LogP contribution in [-0.4, -0.2) is 28.9 Å². The highest BCUT2D eigenvalue weighted by Crippen LogP contribution is 2.25. The quantitative estimate of drug-likeness (QED) is 0.399. The number of anilines is 1. The summed E-state index contributed by atoms with van der Waals surface area (Å²) in [5.41, 5.74) is 0.332. The first-order valence-corrected chi connectivity index (χ1v) is 9.18. The molecule has 0 aliphatic rings. The second kappa shape index (κ2) is 9.38. The number of non-ortho nitro benzene ring substituents is 1. The Balaban J connectivity index is 2.17. The van der Waals surface area contributed by atoms with Gasteiger partial charge in [0.1, 0.15) is 0 Å². The van der Waals surface area contributed by atoms with Crippen molar-refractivity contribution < 1.29 is 19.2 Å². The zero-order chi connectivity index (χ0) is 21.6. The molecule has 29 heavy (non-hydrogen) atoms. The van der Waals surface area contributed by atoms with Gasteiger partial charge in [0.2, 0.25) is 0 Å². The first kappa shape index (κ1) is 22.2. The molecule has 0 saturated heterocycles. The second-order valence-electron chi connectivity index (χ2n) is 7.31. The molecule has 2 aromatic rings. The highest BCUT2D eigenvalue weighted by molar-refractivity contribution is 6.31. The van der Waals surface area contributed by atoms with E-state index < -0.39 is 28.9 Å². The number of halogens is 1. The van der Waals surface area contributed by atoms with Gasteiger partial charge in [-0.2, -0.15) is 0 Å². The van der Waals surface area contributed by atoms with Crippen LogP contribution in [0, 0.1) is 10.1 Å². The van der Waals surface area contributed by atoms with Crippen LogP contribution in [0.15, 0.2) is 42.5 Å². The van der Waals surface area contributed by atoms with E-state index in [1.807, 2.05) is 12.1 Å². The summed E-state index contributed by atoms with van der Waals surface area (Å²) in [5.74, 6) is -1.32. The third-order valence-electron chi connectivity index (χ3n) is 3.71. The normalized spacial score (nSPS) is 10.9. The van der Waals surface area contributed by atoms with Crippen LogP contribution in [0.25, 0.3) is 0 Å². The predicted octanol–water partition coefficient (Wildman–Crippen LogP) is 3.93. The minimum atomic E-state index is -0.848. The van der Waals surface area contributed by atoms with E-state index in [1.54, 1.807) is 32.9 Å². The lowest BCUT2D eigenvalue weighted by Crippen LogP contribution is -2.42. The van der Waals surface area contributed by atoms with Crippen LogP contribution in [0.1, 0.15) is 36.7 Å². The number of rotatable bonds is 7. The third kappa shape index (κ3) is 6.76. The van der Waals surface area contributed by atoms with Gasteiger partial charge in [0.05, 0.1) is 10.5 Å². The minimum absolute atomic E-state index is 0.0465. The number of nitro benzene ring substituents is 1. The Morgan fingerprint density at radius 2 is 1.86 bits per heavy atom. The zero-order valence-corrected chi connectivity index (χ0v) is 17.1.